The number of hydrogen-bond acceptors (Lipinski definition) is 5. The second-order valence-corrected chi connectivity index (χ2v) is 6.82. The molecule has 4 rings (SSSR count). The molecule has 0 fully saturated rings. The first-order valence-corrected chi connectivity index (χ1v) is 9.48. The zero-order valence-corrected chi connectivity index (χ0v) is 16.8. The summed E-state index contributed by atoms with van der Waals surface area (Å²) >= 11 is 0. The van der Waals surface area contributed by atoms with E-state index in [0.29, 0.717) is 0 Å². The average molecular weight is 388 g/mol. The highest BCUT2D eigenvalue weighted by Crippen LogP contribution is 2.38. The predicted octanol–water partition coefficient (Wildman–Crippen LogP) is 4.54. The molecular formula is C24H24N2O3. The molecule has 0 spiro atoms. The molecule has 0 saturated carbocycles. The fourth-order valence-electron chi connectivity index (χ4n) is 3.53. The van der Waals surface area contributed by atoms with E-state index in [1.54, 1.807) is 21.3 Å². The summed E-state index contributed by atoms with van der Waals surface area (Å²) in [5.74, 6) is 3.36. The van der Waals surface area contributed by atoms with Crippen LogP contribution in [0, 0.1) is 0 Å². The first kappa shape index (κ1) is 18.9. The molecular weight excluding hydrogens is 364 g/mol. The van der Waals surface area contributed by atoms with Crippen LogP contribution in [0.25, 0.3) is 0 Å². The molecule has 1 aliphatic rings. The van der Waals surface area contributed by atoms with Gasteiger partial charge in [-0.05, 0) is 59.7 Å². The lowest BCUT2D eigenvalue weighted by molar-refractivity contribution is 0.414. The van der Waals surface area contributed by atoms with E-state index in [2.05, 4.69) is 29.6 Å². The van der Waals surface area contributed by atoms with Crippen LogP contribution in [-0.2, 0) is 0 Å². The monoisotopic (exact) mass is 388 g/mol. The molecule has 3 aromatic carbocycles. The third kappa shape index (κ3) is 3.90. The zero-order chi connectivity index (χ0) is 20.2. The smallest absolute Gasteiger partial charge is 0.129 e. The predicted molar refractivity (Wildman–Crippen MR) is 114 cm³/mol. The van der Waals surface area contributed by atoms with Gasteiger partial charge in [-0.15, -0.1) is 0 Å². The van der Waals surface area contributed by atoms with Crippen LogP contribution < -0.4 is 19.5 Å². The molecule has 0 aromatic heterocycles. The van der Waals surface area contributed by atoms with E-state index < -0.39 is 0 Å². The molecule has 29 heavy (non-hydrogen) atoms. The van der Waals surface area contributed by atoms with Crippen molar-refractivity contribution >= 4 is 5.84 Å². The third-order valence-corrected chi connectivity index (χ3v) is 5.17. The van der Waals surface area contributed by atoms with Gasteiger partial charge < -0.3 is 19.5 Å². The van der Waals surface area contributed by atoms with Gasteiger partial charge in [0.15, 0.2) is 0 Å². The third-order valence-electron chi connectivity index (χ3n) is 5.17. The molecule has 1 heterocycles. The number of nitrogens with one attached hydrogen (secondary N) is 1. The lowest BCUT2D eigenvalue weighted by Crippen LogP contribution is -2.25. The quantitative estimate of drug-likeness (QED) is 0.673. The van der Waals surface area contributed by atoms with E-state index in [1.807, 2.05) is 48.5 Å². The normalized spacial score (nSPS) is 18.0. The summed E-state index contributed by atoms with van der Waals surface area (Å²) in [6.45, 7) is 0. The van der Waals surface area contributed by atoms with Crippen molar-refractivity contribution in [3.63, 3.8) is 0 Å². The van der Waals surface area contributed by atoms with Crippen LogP contribution in [-0.4, -0.2) is 27.2 Å². The summed E-state index contributed by atoms with van der Waals surface area (Å²) in [5, 5.41) is 3.61. The minimum absolute atomic E-state index is 0.0198. The van der Waals surface area contributed by atoms with Gasteiger partial charge in [0.2, 0.25) is 0 Å². The SMILES string of the molecule is COc1ccc(C2=N[C@@H](c3ccc(OC)cc3)[C@H](c3ccc(OC)cc3)N2)cc1. The van der Waals surface area contributed by atoms with E-state index in [1.165, 1.54) is 0 Å². The van der Waals surface area contributed by atoms with Crippen molar-refractivity contribution in [1.82, 2.24) is 5.32 Å². The lowest BCUT2D eigenvalue weighted by atomic mass is 9.94. The Bertz CT molecular complexity index is 980. The Morgan fingerprint density at radius 1 is 0.621 bits per heavy atom. The molecule has 0 aliphatic carbocycles. The number of ether oxygens (including phenoxy) is 3. The van der Waals surface area contributed by atoms with Crippen molar-refractivity contribution in [3.05, 3.63) is 89.5 Å². The Morgan fingerprint density at radius 3 is 1.55 bits per heavy atom. The summed E-state index contributed by atoms with van der Waals surface area (Å²) in [6, 6.07) is 24.1. The number of benzene rings is 3. The molecule has 0 amide bonds. The summed E-state index contributed by atoms with van der Waals surface area (Å²) in [7, 11) is 5.01. The first-order chi connectivity index (χ1) is 14.2. The first-order valence-electron chi connectivity index (χ1n) is 9.48. The molecule has 0 saturated heterocycles. The van der Waals surface area contributed by atoms with Gasteiger partial charge in [-0.2, -0.15) is 0 Å². The number of aliphatic imine (C=N–C) groups is 1. The van der Waals surface area contributed by atoms with Crippen LogP contribution in [0.4, 0.5) is 0 Å². The van der Waals surface area contributed by atoms with Gasteiger partial charge in [-0.3, -0.25) is 4.99 Å². The Morgan fingerprint density at radius 2 is 1.07 bits per heavy atom. The van der Waals surface area contributed by atoms with E-state index in [0.717, 1.165) is 39.8 Å². The van der Waals surface area contributed by atoms with Crippen LogP contribution in [0.5, 0.6) is 17.2 Å². The number of rotatable bonds is 6. The van der Waals surface area contributed by atoms with Crippen LogP contribution in [0.1, 0.15) is 28.8 Å². The second-order valence-electron chi connectivity index (χ2n) is 6.82. The largest absolute Gasteiger partial charge is 0.497 e. The summed E-state index contributed by atoms with van der Waals surface area (Å²) in [6.07, 6.45) is 0. The van der Waals surface area contributed by atoms with Gasteiger partial charge >= 0.3 is 0 Å². The Kier molecular flexibility index (Phi) is 5.38. The topological polar surface area (TPSA) is 52.1 Å². The van der Waals surface area contributed by atoms with E-state index in [9.17, 15) is 0 Å². The molecule has 0 radical (unpaired) electrons. The summed E-state index contributed by atoms with van der Waals surface area (Å²) in [5.41, 5.74) is 3.31. The fourth-order valence-corrected chi connectivity index (χ4v) is 3.53. The molecule has 5 nitrogen and oxygen atoms in total. The maximum absolute atomic E-state index is 5.31. The standard InChI is InChI=1S/C24H24N2O3/c1-27-19-10-4-16(5-11-19)22-23(17-6-12-20(28-2)13-7-17)26-24(25-22)18-8-14-21(29-3)15-9-18/h4-15,22-23H,1-3H3,(H,25,26)/t22-,23-/m0/s1. The van der Waals surface area contributed by atoms with Gasteiger partial charge in [0.25, 0.3) is 0 Å². The second kappa shape index (κ2) is 8.27. The van der Waals surface area contributed by atoms with Crippen molar-refractivity contribution in [3.8, 4) is 17.2 Å². The molecule has 5 heteroatoms. The molecule has 1 N–H and O–H groups in total. The fraction of sp³-hybridized carbons (Fsp3) is 0.208. The summed E-state index contributed by atoms with van der Waals surface area (Å²) in [4.78, 5) is 5.03. The number of methoxy groups -OCH3 is 3. The minimum Gasteiger partial charge on any atom is -0.497 e. The van der Waals surface area contributed by atoms with E-state index in [4.69, 9.17) is 19.2 Å². The van der Waals surface area contributed by atoms with E-state index >= 15 is 0 Å². The van der Waals surface area contributed by atoms with Crippen molar-refractivity contribution in [2.75, 3.05) is 21.3 Å². The number of hydrogen-bond donors (Lipinski definition) is 1. The zero-order valence-electron chi connectivity index (χ0n) is 16.8. The Balaban J connectivity index is 1.70. The summed E-state index contributed by atoms with van der Waals surface area (Å²) < 4.78 is 15.9. The van der Waals surface area contributed by atoms with Crippen molar-refractivity contribution in [2.24, 2.45) is 4.99 Å². The van der Waals surface area contributed by atoms with Gasteiger partial charge in [0.1, 0.15) is 29.1 Å². The maximum atomic E-state index is 5.31. The van der Waals surface area contributed by atoms with Crippen molar-refractivity contribution in [2.45, 2.75) is 12.1 Å². The molecule has 2 atom stereocenters. The Hall–Kier alpha value is -3.47. The molecule has 0 unspecified atom stereocenters. The van der Waals surface area contributed by atoms with Gasteiger partial charge in [-0.1, -0.05) is 24.3 Å². The number of amidine groups is 1. The van der Waals surface area contributed by atoms with Crippen LogP contribution in [0.3, 0.4) is 0 Å². The highest BCUT2D eigenvalue weighted by atomic mass is 16.5. The van der Waals surface area contributed by atoms with Gasteiger partial charge in [-0.25, -0.2) is 0 Å². The number of nitrogens with zero attached hydrogens (tertiary/aromatic N) is 1. The Labute approximate surface area is 171 Å². The highest BCUT2D eigenvalue weighted by Gasteiger charge is 2.31. The van der Waals surface area contributed by atoms with Gasteiger partial charge in [0, 0.05) is 5.56 Å². The molecule has 0 bridgehead atoms. The average Bonchev–Trinajstić information content (AvgIpc) is 3.24. The van der Waals surface area contributed by atoms with E-state index in [-0.39, 0.29) is 12.1 Å². The van der Waals surface area contributed by atoms with Gasteiger partial charge in [0.05, 0.1) is 27.4 Å². The highest BCUT2D eigenvalue weighted by molar-refractivity contribution is 6.00. The van der Waals surface area contributed by atoms with Crippen molar-refractivity contribution < 1.29 is 14.2 Å². The van der Waals surface area contributed by atoms with Crippen LogP contribution in [0.2, 0.25) is 0 Å². The molecule has 148 valence electrons. The minimum atomic E-state index is -0.0496. The molecule has 3 aromatic rings. The van der Waals surface area contributed by atoms with Crippen molar-refractivity contribution in [1.29, 1.82) is 0 Å². The van der Waals surface area contributed by atoms with Crippen LogP contribution in [0.15, 0.2) is 77.8 Å². The maximum Gasteiger partial charge on any atom is 0.129 e. The van der Waals surface area contributed by atoms with Crippen LogP contribution >= 0.6 is 0 Å². The molecule has 1 aliphatic heterocycles. The lowest BCUT2D eigenvalue weighted by Gasteiger charge is -2.20.